The number of hydrogen-bond donors (Lipinski definition) is 1. The molecule has 2 radical (unpaired) electrons. The predicted molar refractivity (Wildman–Crippen MR) is 98.2 cm³/mol. The van der Waals surface area contributed by atoms with Crippen LogP contribution in [-0.4, -0.2) is 32.2 Å². The van der Waals surface area contributed by atoms with Gasteiger partial charge >= 0.3 is 0 Å². The third-order valence-corrected chi connectivity index (χ3v) is 5.69. The smallest absolute Gasteiger partial charge is 0.242 e. The molecule has 2 N–H and O–H groups in total. The summed E-state index contributed by atoms with van der Waals surface area (Å²) >= 11 is 0. The Hall–Kier alpha value is -0.569. The zero-order valence-electron chi connectivity index (χ0n) is 14.4. The van der Waals surface area contributed by atoms with Crippen LogP contribution >= 0.6 is 0 Å². The molecule has 0 saturated heterocycles. The molecule has 1 aromatic carbocycles. The van der Waals surface area contributed by atoms with Crippen LogP contribution in [0.3, 0.4) is 0 Å². The summed E-state index contributed by atoms with van der Waals surface area (Å²) in [6.07, 6.45) is 0. The van der Waals surface area contributed by atoms with E-state index in [2.05, 4.69) is 58.3 Å². The van der Waals surface area contributed by atoms with Gasteiger partial charge in [-0.25, -0.2) is 0 Å². The SMILES string of the molecule is CC(N)C[Si]c1cccc(O[Si](C)(C)C)c1O[Si](C)(C)C. The van der Waals surface area contributed by atoms with E-state index in [4.69, 9.17) is 14.6 Å². The van der Waals surface area contributed by atoms with E-state index >= 15 is 0 Å². The van der Waals surface area contributed by atoms with Crippen molar-refractivity contribution in [3.63, 3.8) is 0 Å². The average molecular weight is 340 g/mol. The van der Waals surface area contributed by atoms with Crippen LogP contribution in [0, 0.1) is 0 Å². The van der Waals surface area contributed by atoms with Gasteiger partial charge in [0.15, 0.2) is 0 Å². The van der Waals surface area contributed by atoms with Crippen LogP contribution in [0.5, 0.6) is 11.5 Å². The van der Waals surface area contributed by atoms with Crippen LogP contribution in [-0.2, 0) is 0 Å². The number of hydrogen-bond acceptors (Lipinski definition) is 3. The van der Waals surface area contributed by atoms with Gasteiger partial charge in [-0.3, -0.25) is 0 Å². The first-order chi connectivity index (χ1) is 9.48. The maximum Gasteiger partial charge on any atom is 0.242 e. The van der Waals surface area contributed by atoms with Crippen LogP contribution in [0.2, 0.25) is 45.3 Å². The Morgan fingerprint density at radius 2 is 1.62 bits per heavy atom. The largest absolute Gasteiger partial charge is 0.542 e. The Labute approximate surface area is 134 Å². The second-order valence-electron chi connectivity index (χ2n) is 7.42. The minimum Gasteiger partial charge on any atom is -0.542 e. The van der Waals surface area contributed by atoms with Crippen molar-refractivity contribution >= 4 is 31.3 Å². The van der Waals surface area contributed by atoms with E-state index in [9.17, 15) is 0 Å². The van der Waals surface area contributed by atoms with Crippen molar-refractivity contribution in [2.75, 3.05) is 0 Å². The maximum atomic E-state index is 6.34. The highest BCUT2D eigenvalue weighted by molar-refractivity contribution is 6.71. The molecule has 0 saturated carbocycles. The number of benzene rings is 1. The quantitative estimate of drug-likeness (QED) is 0.776. The van der Waals surface area contributed by atoms with Crippen LogP contribution < -0.4 is 19.8 Å². The summed E-state index contributed by atoms with van der Waals surface area (Å²) in [5.41, 5.74) is 5.91. The normalized spacial score (nSPS) is 13.9. The molecule has 0 aliphatic rings. The summed E-state index contributed by atoms with van der Waals surface area (Å²) in [5.74, 6) is 1.87. The molecular weight excluding hydrogens is 310 g/mol. The molecular formula is C15H29NO2Si3. The lowest BCUT2D eigenvalue weighted by Crippen LogP contribution is -2.36. The average Bonchev–Trinajstić information content (AvgIpc) is 2.25. The topological polar surface area (TPSA) is 44.5 Å². The van der Waals surface area contributed by atoms with Gasteiger partial charge in [0.25, 0.3) is 0 Å². The summed E-state index contributed by atoms with van der Waals surface area (Å²) in [6, 6.07) is 7.44. The van der Waals surface area contributed by atoms with Crippen LogP contribution in [0.15, 0.2) is 18.2 Å². The van der Waals surface area contributed by atoms with Crippen molar-refractivity contribution in [1.29, 1.82) is 0 Å². The Morgan fingerprint density at radius 1 is 1.05 bits per heavy atom. The zero-order valence-corrected chi connectivity index (χ0v) is 17.4. The second kappa shape index (κ2) is 7.13. The van der Waals surface area contributed by atoms with Gasteiger partial charge < -0.3 is 14.6 Å². The number of para-hydroxylation sites is 1. The van der Waals surface area contributed by atoms with Gasteiger partial charge in [0.2, 0.25) is 16.6 Å². The standard InChI is InChI=1S/C15H29NO2Si3/c1-12(16)11-19-14-10-8-9-13(17-20(2,3)4)15(14)18-21(5,6)7/h8-10,12H,11,16H2,1-7H3. The first kappa shape index (κ1) is 18.5. The van der Waals surface area contributed by atoms with Gasteiger partial charge in [0, 0.05) is 0 Å². The molecule has 0 aromatic heterocycles. The van der Waals surface area contributed by atoms with E-state index in [1.54, 1.807) is 0 Å². The lowest BCUT2D eigenvalue weighted by atomic mass is 10.3. The molecule has 1 unspecified atom stereocenters. The molecule has 21 heavy (non-hydrogen) atoms. The molecule has 1 atom stereocenters. The van der Waals surface area contributed by atoms with E-state index in [0.29, 0.717) is 9.52 Å². The molecule has 0 fully saturated rings. The van der Waals surface area contributed by atoms with E-state index < -0.39 is 16.6 Å². The first-order valence-corrected chi connectivity index (χ1v) is 15.5. The molecule has 0 bridgehead atoms. The highest BCUT2D eigenvalue weighted by atomic mass is 28.4. The summed E-state index contributed by atoms with van der Waals surface area (Å²) in [7, 11) is -2.68. The lowest BCUT2D eigenvalue weighted by molar-refractivity contribution is 0.492. The monoisotopic (exact) mass is 339 g/mol. The molecule has 0 heterocycles. The molecule has 1 rings (SSSR count). The minimum atomic E-state index is -1.68. The Kier molecular flexibility index (Phi) is 6.27. The highest BCUT2D eigenvalue weighted by Crippen LogP contribution is 2.29. The molecule has 0 aliphatic heterocycles. The third kappa shape index (κ3) is 7.30. The number of nitrogens with two attached hydrogens (primary N) is 1. The fraction of sp³-hybridized carbons (Fsp3) is 0.600. The minimum absolute atomic E-state index is 0.213. The summed E-state index contributed by atoms with van der Waals surface area (Å²) in [5, 5.41) is 1.24. The van der Waals surface area contributed by atoms with E-state index in [1.807, 2.05) is 6.07 Å². The van der Waals surface area contributed by atoms with Crippen molar-refractivity contribution in [3.05, 3.63) is 18.2 Å². The fourth-order valence-electron chi connectivity index (χ4n) is 1.75. The van der Waals surface area contributed by atoms with Crippen molar-refractivity contribution in [3.8, 4) is 11.5 Å². The van der Waals surface area contributed by atoms with Gasteiger partial charge in [0.1, 0.15) is 11.5 Å². The molecule has 0 amide bonds. The van der Waals surface area contributed by atoms with Gasteiger partial charge in [-0.05, 0) is 62.6 Å². The van der Waals surface area contributed by atoms with Crippen molar-refractivity contribution in [1.82, 2.24) is 0 Å². The lowest BCUT2D eigenvalue weighted by Gasteiger charge is -2.27. The van der Waals surface area contributed by atoms with Crippen molar-refractivity contribution < 1.29 is 8.85 Å². The molecule has 118 valence electrons. The zero-order chi connectivity index (χ0) is 16.3. The summed E-state index contributed by atoms with van der Waals surface area (Å²) < 4.78 is 12.6. The number of rotatable bonds is 7. The Morgan fingerprint density at radius 3 is 2.10 bits per heavy atom. The molecule has 1 aromatic rings. The first-order valence-electron chi connectivity index (χ1n) is 7.48. The Bertz CT molecular complexity index is 465. The predicted octanol–water partition coefficient (Wildman–Crippen LogP) is 3.21. The third-order valence-electron chi connectivity index (χ3n) is 2.42. The molecule has 6 heteroatoms. The van der Waals surface area contributed by atoms with Crippen LogP contribution in [0.4, 0.5) is 0 Å². The highest BCUT2D eigenvalue weighted by Gasteiger charge is 2.24. The van der Waals surface area contributed by atoms with Gasteiger partial charge in [-0.1, -0.05) is 19.1 Å². The molecule has 0 aliphatic carbocycles. The second-order valence-corrected chi connectivity index (χ2v) is 17.6. The Balaban J connectivity index is 3.14. The molecule has 3 nitrogen and oxygen atoms in total. The maximum absolute atomic E-state index is 6.34. The van der Waals surface area contributed by atoms with Gasteiger partial charge in [-0.15, -0.1) is 0 Å². The van der Waals surface area contributed by atoms with Gasteiger partial charge in [-0.2, -0.15) is 0 Å². The molecule has 0 spiro atoms. The van der Waals surface area contributed by atoms with Crippen LogP contribution in [0.25, 0.3) is 0 Å². The van der Waals surface area contributed by atoms with Crippen LogP contribution in [0.1, 0.15) is 6.92 Å². The summed E-state index contributed by atoms with van der Waals surface area (Å²) in [6.45, 7) is 15.3. The summed E-state index contributed by atoms with van der Waals surface area (Å²) in [4.78, 5) is 0. The van der Waals surface area contributed by atoms with Crippen molar-refractivity contribution in [2.45, 2.75) is 58.3 Å². The fourth-order valence-corrected chi connectivity index (χ4v) is 4.58. The van der Waals surface area contributed by atoms with Gasteiger partial charge in [0.05, 0.1) is 9.52 Å². The van der Waals surface area contributed by atoms with Crippen molar-refractivity contribution in [2.24, 2.45) is 5.73 Å². The van der Waals surface area contributed by atoms with E-state index in [0.717, 1.165) is 17.5 Å². The van der Waals surface area contributed by atoms with E-state index in [-0.39, 0.29) is 6.04 Å². The van der Waals surface area contributed by atoms with E-state index in [1.165, 1.54) is 5.19 Å².